The van der Waals surface area contributed by atoms with E-state index in [-0.39, 0.29) is 5.75 Å². The van der Waals surface area contributed by atoms with E-state index in [0.29, 0.717) is 6.42 Å². The van der Waals surface area contributed by atoms with Crippen LogP contribution in [0.5, 0.6) is 5.75 Å². The number of anilines is 1. The van der Waals surface area contributed by atoms with Crippen LogP contribution in [0.2, 0.25) is 0 Å². The first-order valence-corrected chi connectivity index (χ1v) is 11.1. The summed E-state index contributed by atoms with van der Waals surface area (Å²) in [6.45, 7) is 0. The number of rotatable bonds is 5. The Bertz CT molecular complexity index is 1400. The lowest BCUT2D eigenvalue weighted by atomic mass is 9.68. The van der Waals surface area contributed by atoms with E-state index < -0.39 is 5.41 Å². The van der Waals surface area contributed by atoms with E-state index in [1.54, 1.807) is 12.1 Å². The second kappa shape index (κ2) is 8.37. The molecule has 0 heterocycles. The van der Waals surface area contributed by atoms with E-state index >= 15 is 0 Å². The molecule has 5 rings (SSSR count). The molecule has 33 heavy (non-hydrogen) atoms. The summed E-state index contributed by atoms with van der Waals surface area (Å²) in [5, 5.41) is 11.1. The molecule has 3 aromatic rings. The number of nitrogen functional groups attached to an aromatic ring is 1. The summed E-state index contributed by atoms with van der Waals surface area (Å²) in [4.78, 5) is 0. The van der Waals surface area contributed by atoms with Crippen LogP contribution in [0.3, 0.4) is 0 Å². The Morgan fingerprint density at radius 1 is 0.939 bits per heavy atom. The molecule has 0 saturated heterocycles. The lowest BCUT2D eigenvalue weighted by Crippen LogP contribution is -2.28. The fourth-order valence-electron chi connectivity index (χ4n) is 5.33. The summed E-state index contributed by atoms with van der Waals surface area (Å²) in [5.74, 6) is 2.78. The summed E-state index contributed by atoms with van der Waals surface area (Å²) in [6.07, 6.45) is 20.8. The molecule has 2 nitrogen and oxygen atoms in total. The number of phenols is 1. The van der Waals surface area contributed by atoms with Crippen molar-refractivity contribution in [3.05, 3.63) is 125 Å². The largest absolute Gasteiger partial charge is 0.508 e. The predicted molar refractivity (Wildman–Crippen MR) is 138 cm³/mol. The number of benzene rings is 3. The number of fused-ring (bicyclic) bond motifs is 3. The van der Waals surface area contributed by atoms with E-state index in [4.69, 9.17) is 12.2 Å². The standard InChI is InChI=1S/C31H25NO/c1-2-3-4-5-12-21-31(27-17-10-11-18-28(27)33)26-16-9-8-15-24(26)25-20-19-23(30(32)29(25)31)22-13-6-7-14-22/h1,3-13,15-20,33H,14,21,32H2/b4-3-,12-5-. The SMILES string of the molecule is C#C/C=C\C=C/CC1(c2ccccc2O)c2ccccc2-c2ccc(C3=CC=CC3)c(N)c21. The van der Waals surface area contributed by atoms with Crippen LogP contribution in [-0.2, 0) is 5.41 Å². The zero-order valence-corrected chi connectivity index (χ0v) is 18.3. The number of allylic oxidation sites excluding steroid dienone is 8. The molecule has 0 aliphatic heterocycles. The molecule has 0 saturated carbocycles. The van der Waals surface area contributed by atoms with E-state index in [9.17, 15) is 5.11 Å². The van der Waals surface area contributed by atoms with Crippen molar-refractivity contribution < 1.29 is 5.11 Å². The first-order valence-electron chi connectivity index (χ1n) is 11.1. The van der Waals surface area contributed by atoms with Crippen LogP contribution >= 0.6 is 0 Å². The van der Waals surface area contributed by atoms with Gasteiger partial charge >= 0.3 is 0 Å². The summed E-state index contributed by atoms with van der Waals surface area (Å²) in [7, 11) is 0. The predicted octanol–water partition coefficient (Wildman–Crippen LogP) is 6.77. The number of hydrogen-bond acceptors (Lipinski definition) is 2. The number of nitrogens with two attached hydrogens (primary N) is 1. The maximum Gasteiger partial charge on any atom is 0.120 e. The van der Waals surface area contributed by atoms with Gasteiger partial charge in [0.25, 0.3) is 0 Å². The Kier molecular flexibility index (Phi) is 5.24. The van der Waals surface area contributed by atoms with Crippen LogP contribution in [0.25, 0.3) is 16.7 Å². The van der Waals surface area contributed by atoms with Crippen LogP contribution in [0.15, 0.2) is 103 Å². The molecule has 1 atom stereocenters. The Morgan fingerprint density at radius 2 is 1.70 bits per heavy atom. The molecule has 2 heteroatoms. The van der Waals surface area contributed by atoms with Crippen molar-refractivity contribution in [2.45, 2.75) is 18.3 Å². The van der Waals surface area contributed by atoms with E-state index in [2.05, 4.69) is 66.6 Å². The molecule has 0 amide bonds. The summed E-state index contributed by atoms with van der Waals surface area (Å²) >= 11 is 0. The van der Waals surface area contributed by atoms with Crippen molar-refractivity contribution in [1.29, 1.82) is 0 Å². The highest BCUT2D eigenvalue weighted by molar-refractivity contribution is 5.93. The molecule has 160 valence electrons. The third-order valence-corrected chi connectivity index (χ3v) is 6.69. The van der Waals surface area contributed by atoms with E-state index in [1.165, 1.54) is 5.57 Å². The van der Waals surface area contributed by atoms with Gasteiger partial charge in [0.2, 0.25) is 0 Å². The maximum atomic E-state index is 11.1. The van der Waals surface area contributed by atoms with Crippen molar-refractivity contribution in [2.75, 3.05) is 5.73 Å². The van der Waals surface area contributed by atoms with Gasteiger partial charge in [-0.15, -0.1) is 6.42 Å². The lowest BCUT2D eigenvalue weighted by Gasteiger charge is -2.34. The zero-order chi connectivity index (χ0) is 22.8. The molecule has 0 aromatic heterocycles. The Labute approximate surface area is 195 Å². The molecule has 2 aliphatic carbocycles. The zero-order valence-electron chi connectivity index (χ0n) is 18.3. The topological polar surface area (TPSA) is 46.2 Å². The molecule has 3 N–H and O–H groups in total. The normalized spacial score (nSPS) is 18.5. The maximum absolute atomic E-state index is 11.1. The first kappa shape index (κ1) is 20.7. The van der Waals surface area contributed by atoms with E-state index in [0.717, 1.165) is 45.5 Å². The van der Waals surface area contributed by atoms with Crippen LogP contribution < -0.4 is 5.73 Å². The molecular weight excluding hydrogens is 402 g/mol. The second-order valence-electron chi connectivity index (χ2n) is 8.40. The molecule has 1 unspecified atom stereocenters. The molecule has 0 radical (unpaired) electrons. The molecular formula is C31H25NO. The number of terminal acetylenes is 1. The van der Waals surface area contributed by atoms with Crippen molar-refractivity contribution in [2.24, 2.45) is 0 Å². The summed E-state index contributed by atoms with van der Waals surface area (Å²) in [6, 6.07) is 20.3. The molecule has 0 spiro atoms. The van der Waals surface area contributed by atoms with Gasteiger partial charge in [-0.3, -0.25) is 0 Å². The number of aromatic hydroxyl groups is 1. The second-order valence-corrected chi connectivity index (χ2v) is 8.40. The van der Waals surface area contributed by atoms with Crippen molar-refractivity contribution in [3.8, 4) is 29.2 Å². The van der Waals surface area contributed by atoms with Gasteiger partial charge < -0.3 is 10.8 Å². The third-order valence-electron chi connectivity index (χ3n) is 6.69. The summed E-state index contributed by atoms with van der Waals surface area (Å²) in [5.41, 5.74) is 14.7. The van der Waals surface area contributed by atoms with Crippen LogP contribution in [0, 0.1) is 12.3 Å². The molecule has 0 bridgehead atoms. The number of para-hydroxylation sites is 1. The minimum Gasteiger partial charge on any atom is -0.508 e. The smallest absolute Gasteiger partial charge is 0.120 e. The average molecular weight is 428 g/mol. The number of phenolic OH excluding ortho intramolecular Hbond substituents is 1. The van der Waals surface area contributed by atoms with Gasteiger partial charge in [0.1, 0.15) is 5.75 Å². The minimum absolute atomic E-state index is 0.263. The van der Waals surface area contributed by atoms with Gasteiger partial charge in [0.15, 0.2) is 0 Å². The number of hydrogen-bond donors (Lipinski definition) is 2. The van der Waals surface area contributed by atoms with Crippen LogP contribution in [0.1, 0.15) is 35.1 Å². The first-order chi connectivity index (χ1) is 16.2. The third kappa shape index (κ3) is 3.22. The molecule has 3 aromatic carbocycles. The quantitative estimate of drug-likeness (QED) is 0.268. The van der Waals surface area contributed by atoms with Gasteiger partial charge in [-0.25, -0.2) is 0 Å². The highest BCUT2D eigenvalue weighted by Gasteiger charge is 2.47. The van der Waals surface area contributed by atoms with Gasteiger partial charge in [-0.1, -0.05) is 97.0 Å². The Balaban J connectivity index is 1.83. The fourth-order valence-corrected chi connectivity index (χ4v) is 5.33. The van der Waals surface area contributed by atoms with E-state index in [1.807, 2.05) is 30.4 Å². The average Bonchev–Trinajstić information content (AvgIpc) is 3.46. The monoisotopic (exact) mass is 427 g/mol. The minimum atomic E-state index is -0.621. The fraction of sp³-hybridized carbons (Fsp3) is 0.0968. The van der Waals surface area contributed by atoms with Gasteiger partial charge in [-0.05, 0) is 52.8 Å². The van der Waals surface area contributed by atoms with Gasteiger partial charge in [0.05, 0.1) is 5.41 Å². The molecule has 2 aliphatic rings. The van der Waals surface area contributed by atoms with Crippen LogP contribution in [0.4, 0.5) is 5.69 Å². The van der Waals surface area contributed by atoms with Gasteiger partial charge in [0, 0.05) is 16.8 Å². The molecule has 0 fully saturated rings. The van der Waals surface area contributed by atoms with Crippen molar-refractivity contribution in [3.63, 3.8) is 0 Å². The summed E-state index contributed by atoms with van der Waals surface area (Å²) < 4.78 is 0. The Morgan fingerprint density at radius 3 is 2.45 bits per heavy atom. The van der Waals surface area contributed by atoms with Crippen LogP contribution in [-0.4, -0.2) is 5.11 Å². The van der Waals surface area contributed by atoms with Gasteiger partial charge in [-0.2, -0.15) is 0 Å². The van der Waals surface area contributed by atoms with Crippen molar-refractivity contribution in [1.82, 2.24) is 0 Å². The Hall–Kier alpha value is -4.22. The van der Waals surface area contributed by atoms with Crippen molar-refractivity contribution >= 4 is 11.3 Å². The highest BCUT2D eigenvalue weighted by Crippen LogP contribution is 2.59. The highest BCUT2D eigenvalue weighted by atomic mass is 16.3. The lowest BCUT2D eigenvalue weighted by molar-refractivity contribution is 0.454.